The number of amides is 1. The molecule has 1 aliphatic heterocycles. The van der Waals surface area contributed by atoms with E-state index in [2.05, 4.69) is 48.2 Å². The van der Waals surface area contributed by atoms with Gasteiger partial charge >= 0.3 is 0 Å². The molecule has 0 radical (unpaired) electrons. The molecule has 0 saturated carbocycles. The Bertz CT molecular complexity index is 480. The summed E-state index contributed by atoms with van der Waals surface area (Å²) in [6, 6.07) is 0. The fourth-order valence-corrected chi connectivity index (χ4v) is 3.23. The summed E-state index contributed by atoms with van der Waals surface area (Å²) in [5, 5.41) is 6.95. The van der Waals surface area contributed by atoms with Gasteiger partial charge < -0.3 is 20.3 Å². The minimum Gasteiger partial charge on any atom is -0.379 e. The Labute approximate surface area is 195 Å². The Hall–Kier alpha value is -0.610. The van der Waals surface area contributed by atoms with Crippen LogP contribution >= 0.6 is 24.0 Å². The van der Waals surface area contributed by atoms with E-state index in [1.165, 1.54) is 19.3 Å². The first-order valence-electron chi connectivity index (χ1n) is 10.8. The maximum absolute atomic E-state index is 12.0. The van der Waals surface area contributed by atoms with Crippen molar-refractivity contribution in [3.8, 4) is 0 Å². The van der Waals surface area contributed by atoms with Gasteiger partial charge in [-0.1, -0.05) is 33.1 Å². The van der Waals surface area contributed by atoms with E-state index in [4.69, 9.17) is 4.74 Å². The van der Waals surface area contributed by atoms with E-state index >= 15 is 0 Å². The summed E-state index contributed by atoms with van der Waals surface area (Å²) in [5.41, 5.74) is -0.00977. The van der Waals surface area contributed by atoms with E-state index in [1.807, 2.05) is 0 Å². The molecule has 0 aromatic carbocycles. The minimum atomic E-state index is -0.00977. The Morgan fingerprint density at radius 3 is 2.41 bits per heavy atom. The summed E-state index contributed by atoms with van der Waals surface area (Å²) < 4.78 is 5.48. The number of morpholine rings is 1. The second-order valence-electron chi connectivity index (χ2n) is 8.52. The van der Waals surface area contributed by atoms with E-state index in [0.717, 1.165) is 51.8 Å². The highest BCUT2D eigenvalue weighted by molar-refractivity contribution is 14.0. The number of nitrogens with zero attached hydrogens (tertiary/aromatic N) is 3. The summed E-state index contributed by atoms with van der Waals surface area (Å²) >= 11 is 0. The third kappa shape index (κ3) is 11.4. The van der Waals surface area contributed by atoms with Crippen LogP contribution in [0.15, 0.2) is 4.99 Å². The molecule has 1 amide bonds. The quantitative estimate of drug-likeness (QED) is 0.247. The average molecular weight is 526 g/mol. The number of unbranched alkanes of at least 4 members (excludes halogenated alkanes) is 1. The molecule has 1 fully saturated rings. The molecule has 8 heteroatoms. The number of nitrogens with one attached hydrogen (secondary N) is 2. The highest BCUT2D eigenvalue weighted by Crippen LogP contribution is 2.15. The number of likely N-dealkylation sites (N-methyl/N-ethyl adjacent to an activating group) is 1. The van der Waals surface area contributed by atoms with Gasteiger partial charge in [0, 0.05) is 45.8 Å². The van der Waals surface area contributed by atoms with Gasteiger partial charge in [0.25, 0.3) is 0 Å². The van der Waals surface area contributed by atoms with Gasteiger partial charge in [-0.2, -0.15) is 0 Å². The first kappa shape index (κ1) is 28.4. The highest BCUT2D eigenvalue weighted by Gasteiger charge is 2.28. The van der Waals surface area contributed by atoms with Crippen LogP contribution in [0, 0.1) is 5.92 Å². The molecule has 1 atom stereocenters. The number of hydrogen-bond acceptors (Lipinski definition) is 4. The lowest BCUT2D eigenvalue weighted by atomic mass is 9.99. The van der Waals surface area contributed by atoms with Gasteiger partial charge in [0.1, 0.15) is 6.54 Å². The van der Waals surface area contributed by atoms with Gasteiger partial charge in [-0.25, -0.2) is 4.99 Å². The molecular formula is C21H44IN5O2. The number of rotatable bonds is 11. The molecule has 1 saturated heterocycles. The van der Waals surface area contributed by atoms with E-state index in [-0.39, 0.29) is 42.0 Å². The van der Waals surface area contributed by atoms with E-state index in [1.54, 1.807) is 19.0 Å². The zero-order chi connectivity index (χ0) is 21.0. The third-order valence-electron chi connectivity index (χ3n) is 5.53. The molecule has 29 heavy (non-hydrogen) atoms. The van der Waals surface area contributed by atoms with Crippen molar-refractivity contribution < 1.29 is 9.53 Å². The predicted molar refractivity (Wildman–Crippen MR) is 132 cm³/mol. The summed E-state index contributed by atoms with van der Waals surface area (Å²) in [4.78, 5) is 20.5. The van der Waals surface area contributed by atoms with Crippen molar-refractivity contribution in [3.05, 3.63) is 0 Å². The molecule has 0 aliphatic carbocycles. The maximum Gasteiger partial charge on any atom is 0.243 e. The van der Waals surface area contributed by atoms with Crippen molar-refractivity contribution in [2.75, 3.05) is 60.0 Å². The van der Waals surface area contributed by atoms with Crippen LogP contribution in [-0.4, -0.2) is 87.2 Å². The summed E-state index contributed by atoms with van der Waals surface area (Å²) in [6.07, 6.45) is 4.85. The van der Waals surface area contributed by atoms with Crippen molar-refractivity contribution in [2.24, 2.45) is 10.9 Å². The predicted octanol–water partition coefficient (Wildman–Crippen LogP) is 2.56. The fourth-order valence-electron chi connectivity index (χ4n) is 3.23. The van der Waals surface area contributed by atoms with Gasteiger partial charge in [0.05, 0.1) is 13.2 Å². The number of halogens is 1. The maximum atomic E-state index is 12.0. The Morgan fingerprint density at radius 2 is 1.86 bits per heavy atom. The van der Waals surface area contributed by atoms with Crippen molar-refractivity contribution in [1.29, 1.82) is 0 Å². The van der Waals surface area contributed by atoms with Crippen LogP contribution in [0.5, 0.6) is 0 Å². The molecule has 7 nitrogen and oxygen atoms in total. The number of hydrogen-bond donors (Lipinski definition) is 2. The monoisotopic (exact) mass is 525 g/mol. The Kier molecular flexibility index (Phi) is 14.9. The molecule has 172 valence electrons. The fraction of sp³-hybridized carbons (Fsp3) is 0.905. The molecule has 0 bridgehead atoms. The van der Waals surface area contributed by atoms with Gasteiger partial charge in [0.2, 0.25) is 5.91 Å². The Morgan fingerprint density at radius 1 is 1.21 bits per heavy atom. The van der Waals surface area contributed by atoms with Crippen LogP contribution in [0.2, 0.25) is 0 Å². The largest absolute Gasteiger partial charge is 0.379 e. The lowest BCUT2D eigenvalue weighted by Crippen LogP contribution is -2.56. The highest BCUT2D eigenvalue weighted by atomic mass is 127. The van der Waals surface area contributed by atoms with Crippen LogP contribution in [-0.2, 0) is 9.53 Å². The van der Waals surface area contributed by atoms with Crippen LogP contribution in [0.4, 0.5) is 0 Å². The number of ether oxygens (including phenoxy) is 1. The smallest absolute Gasteiger partial charge is 0.243 e. The van der Waals surface area contributed by atoms with Crippen LogP contribution < -0.4 is 10.6 Å². The molecule has 1 unspecified atom stereocenters. The average Bonchev–Trinajstić information content (AvgIpc) is 2.69. The standard InChI is InChI=1S/C21H43N5O2.HI/c1-7-9-10-18(8-2)15-22-20(23-16-19(27)25(5)6)24-17-21(3,4)26-11-13-28-14-12-26;/h18H,7-17H2,1-6H3,(H2,22,23,24);1H. The molecule has 0 aromatic heterocycles. The first-order valence-corrected chi connectivity index (χ1v) is 10.8. The van der Waals surface area contributed by atoms with Crippen LogP contribution in [0.25, 0.3) is 0 Å². The van der Waals surface area contributed by atoms with Gasteiger partial charge in [0.15, 0.2) is 5.96 Å². The molecule has 0 aromatic rings. The normalized spacial score (nSPS) is 16.7. The van der Waals surface area contributed by atoms with Crippen LogP contribution in [0.3, 0.4) is 0 Å². The number of aliphatic imine (C=N–C) groups is 1. The molecule has 1 heterocycles. The SMILES string of the molecule is CCCCC(CC)CNC(=NCC(=O)N(C)C)NCC(C)(C)N1CCOCC1.I. The molecular weight excluding hydrogens is 481 g/mol. The van der Waals surface area contributed by atoms with Crippen molar-refractivity contribution in [1.82, 2.24) is 20.4 Å². The first-order chi connectivity index (χ1) is 13.3. The second-order valence-corrected chi connectivity index (χ2v) is 8.52. The van der Waals surface area contributed by atoms with Crippen molar-refractivity contribution in [3.63, 3.8) is 0 Å². The van der Waals surface area contributed by atoms with E-state index in [9.17, 15) is 4.79 Å². The van der Waals surface area contributed by atoms with E-state index in [0.29, 0.717) is 5.92 Å². The third-order valence-corrected chi connectivity index (χ3v) is 5.53. The van der Waals surface area contributed by atoms with Crippen molar-refractivity contribution in [2.45, 2.75) is 58.9 Å². The molecule has 2 N–H and O–H groups in total. The van der Waals surface area contributed by atoms with Crippen LogP contribution in [0.1, 0.15) is 53.4 Å². The molecule has 1 rings (SSSR count). The molecule has 1 aliphatic rings. The lowest BCUT2D eigenvalue weighted by Gasteiger charge is -2.41. The number of carbonyl (C=O) groups is 1. The molecule has 0 spiro atoms. The zero-order valence-corrected chi connectivity index (χ0v) is 21.8. The summed E-state index contributed by atoms with van der Waals surface area (Å²) in [7, 11) is 3.52. The van der Waals surface area contributed by atoms with Gasteiger partial charge in [-0.15, -0.1) is 24.0 Å². The van der Waals surface area contributed by atoms with Crippen molar-refractivity contribution >= 4 is 35.8 Å². The second kappa shape index (κ2) is 15.2. The van der Waals surface area contributed by atoms with E-state index < -0.39 is 0 Å². The topological polar surface area (TPSA) is 69.2 Å². The minimum absolute atomic E-state index is 0. The summed E-state index contributed by atoms with van der Waals surface area (Å²) in [6.45, 7) is 14.2. The van der Waals surface area contributed by atoms with Gasteiger partial charge in [-0.3, -0.25) is 9.69 Å². The number of guanidine groups is 1. The van der Waals surface area contributed by atoms with Gasteiger partial charge in [-0.05, 0) is 26.2 Å². The Balaban J connectivity index is 0.00000784. The lowest BCUT2D eigenvalue weighted by molar-refractivity contribution is -0.127. The summed E-state index contributed by atoms with van der Waals surface area (Å²) in [5.74, 6) is 1.36. The zero-order valence-electron chi connectivity index (χ0n) is 19.4. The number of carbonyl (C=O) groups excluding carboxylic acids is 1.